The molecule has 0 bridgehead atoms. The lowest BCUT2D eigenvalue weighted by molar-refractivity contribution is -0.130. The molecule has 0 aliphatic carbocycles. The summed E-state index contributed by atoms with van der Waals surface area (Å²) in [4.78, 5) is 53.7. The van der Waals surface area contributed by atoms with E-state index in [1.807, 2.05) is 84.9 Å². The molecule has 5 rings (SSSR count). The molecule has 2 heterocycles. The third-order valence-electron chi connectivity index (χ3n) is 7.37. The zero-order valence-corrected chi connectivity index (χ0v) is 21.6. The molecule has 8 nitrogen and oxygen atoms in total. The molecule has 3 aromatic rings. The second-order valence-electron chi connectivity index (χ2n) is 10.0. The van der Waals surface area contributed by atoms with E-state index in [1.54, 1.807) is 0 Å². The SMILES string of the molecule is O=C(CN1C(=O)[C@@H](NC(=O)[C@@H]2CCC(=O)N2)[C@@H](c2ccccc2)Cc2ccccc21)NCCc1ccccc1. The van der Waals surface area contributed by atoms with Crippen LogP contribution in [0.2, 0.25) is 0 Å². The Bertz CT molecular complexity index is 1340. The number of para-hydroxylation sites is 1. The van der Waals surface area contributed by atoms with E-state index in [-0.39, 0.29) is 36.6 Å². The smallest absolute Gasteiger partial charge is 0.250 e. The van der Waals surface area contributed by atoms with Crippen LogP contribution in [-0.4, -0.2) is 48.8 Å². The standard InChI is InChI=1S/C31H32N4O4/c36-27-16-15-25(33-27)30(38)34-29-24(22-11-5-2-6-12-22)19-23-13-7-8-14-26(23)35(31(29)39)20-28(37)32-18-17-21-9-3-1-4-10-21/h1-14,24-25,29H,15-20H2,(H,32,37)(H,33,36)(H,34,38)/t24-,25+,29+/m1/s1. The third kappa shape index (κ3) is 6.17. The third-order valence-corrected chi connectivity index (χ3v) is 7.37. The van der Waals surface area contributed by atoms with E-state index >= 15 is 0 Å². The van der Waals surface area contributed by atoms with Gasteiger partial charge in [0.25, 0.3) is 5.91 Å². The van der Waals surface area contributed by atoms with Crippen LogP contribution in [0.1, 0.15) is 35.4 Å². The number of anilines is 1. The lowest BCUT2D eigenvalue weighted by Gasteiger charge is -2.30. The first kappa shape index (κ1) is 26.2. The van der Waals surface area contributed by atoms with Gasteiger partial charge in [-0.05, 0) is 42.0 Å². The van der Waals surface area contributed by atoms with Crippen molar-refractivity contribution in [3.05, 3.63) is 102 Å². The molecule has 4 amide bonds. The summed E-state index contributed by atoms with van der Waals surface area (Å²) >= 11 is 0. The number of carbonyl (C=O) groups is 4. The highest BCUT2D eigenvalue weighted by atomic mass is 16.2. The maximum Gasteiger partial charge on any atom is 0.250 e. The molecule has 39 heavy (non-hydrogen) atoms. The van der Waals surface area contributed by atoms with Crippen LogP contribution < -0.4 is 20.9 Å². The zero-order valence-electron chi connectivity index (χ0n) is 21.6. The summed E-state index contributed by atoms with van der Waals surface area (Å²) in [6, 6.07) is 25.4. The summed E-state index contributed by atoms with van der Waals surface area (Å²) in [5.74, 6) is -1.56. The predicted molar refractivity (Wildman–Crippen MR) is 148 cm³/mol. The van der Waals surface area contributed by atoms with E-state index in [0.717, 1.165) is 16.7 Å². The van der Waals surface area contributed by atoms with E-state index in [1.165, 1.54) is 4.90 Å². The molecule has 0 saturated carbocycles. The number of nitrogens with zero attached hydrogens (tertiary/aromatic N) is 1. The fourth-order valence-corrected chi connectivity index (χ4v) is 5.35. The Morgan fingerprint density at radius 2 is 1.59 bits per heavy atom. The van der Waals surface area contributed by atoms with Gasteiger partial charge in [0.15, 0.2) is 0 Å². The summed E-state index contributed by atoms with van der Waals surface area (Å²) in [6.45, 7) is 0.277. The summed E-state index contributed by atoms with van der Waals surface area (Å²) in [5, 5.41) is 8.56. The van der Waals surface area contributed by atoms with Crippen LogP contribution in [0, 0.1) is 0 Å². The van der Waals surface area contributed by atoms with Crippen molar-refractivity contribution in [2.75, 3.05) is 18.0 Å². The second-order valence-corrected chi connectivity index (χ2v) is 10.0. The van der Waals surface area contributed by atoms with Crippen LogP contribution in [-0.2, 0) is 32.0 Å². The molecular weight excluding hydrogens is 492 g/mol. The number of rotatable bonds is 8. The van der Waals surface area contributed by atoms with E-state index in [2.05, 4.69) is 16.0 Å². The number of fused-ring (bicyclic) bond motifs is 1. The highest BCUT2D eigenvalue weighted by Gasteiger charge is 2.41. The van der Waals surface area contributed by atoms with Crippen molar-refractivity contribution in [3.63, 3.8) is 0 Å². The topological polar surface area (TPSA) is 108 Å². The molecule has 0 unspecified atom stereocenters. The first-order valence-electron chi connectivity index (χ1n) is 13.3. The largest absolute Gasteiger partial charge is 0.354 e. The highest BCUT2D eigenvalue weighted by molar-refractivity contribution is 6.05. The van der Waals surface area contributed by atoms with Gasteiger partial charge >= 0.3 is 0 Å². The van der Waals surface area contributed by atoms with Gasteiger partial charge in [0.05, 0.1) is 0 Å². The molecule has 2 aliphatic rings. The monoisotopic (exact) mass is 524 g/mol. The van der Waals surface area contributed by atoms with Gasteiger partial charge in [-0.1, -0.05) is 78.9 Å². The number of benzene rings is 3. The number of carbonyl (C=O) groups excluding carboxylic acids is 4. The first-order valence-corrected chi connectivity index (χ1v) is 13.3. The minimum absolute atomic E-state index is 0.168. The summed E-state index contributed by atoms with van der Waals surface area (Å²) < 4.78 is 0. The predicted octanol–water partition coefficient (Wildman–Crippen LogP) is 2.48. The maximum absolute atomic E-state index is 14.2. The molecule has 0 spiro atoms. The molecule has 3 N–H and O–H groups in total. The first-order chi connectivity index (χ1) is 19.0. The van der Waals surface area contributed by atoms with Crippen LogP contribution in [0.3, 0.4) is 0 Å². The Kier molecular flexibility index (Phi) is 8.01. The number of hydrogen-bond acceptors (Lipinski definition) is 4. The van der Waals surface area contributed by atoms with Crippen LogP contribution in [0.4, 0.5) is 5.69 Å². The van der Waals surface area contributed by atoms with Gasteiger partial charge < -0.3 is 20.9 Å². The normalized spacial score (nSPS) is 20.5. The van der Waals surface area contributed by atoms with Crippen molar-refractivity contribution in [1.29, 1.82) is 0 Å². The molecule has 8 heteroatoms. The lowest BCUT2D eigenvalue weighted by atomic mass is 9.86. The van der Waals surface area contributed by atoms with Gasteiger partial charge in [-0.2, -0.15) is 0 Å². The molecule has 0 aromatic heterocycles. The quantitative estimate of drug-likeness (QED) is 0.421. The molecular formula is C31H32N4O4. The Morgan fingerprint density at radius 3 is 2.31 bits per heavy atom. The minimum atomic E-state index is -0.915. The van der Waals surface area contributed by atoms with Crippen molar-refractivity contribution in [3.8, 4) is 0 Å². The number of hydrogen-bond donors (Lipinski definition) is 3. The number of amides is 4. The zero-order chi connectivity index (χ0) is 27.2. The van der Waals surface area contributed by atoms with Gasteiger partial charge in [0.1, 0.15) is 18.6 Å². The second kappa shape index (κ2) is 11.9. The van der Waals surface area contributed by atoms with E-state index < -0.39 is 18.0 Å². The van der Waals surface area contributed by atoms with Gasteiger partial charge in [0.2, 0.25) is 17.7 Å². The molecule has 3 aromatic carbocycles. The van der Waals surface area contributed by atoms with Crippen molar-refractivity contribution in [2.45, 2.75) is 43.7 Å². The number of nitrogens with one attached hydrogen (secondary N) is 3. The molecule has 1 fully saturated rings. The molecule has 3 atom stereocenters. The van der Waals surface area contributed by atoms with Crippen LogP contribution in [0.25, 0.3) is 0 Å². The Morgan fingerprint density at radius 1 is 0.897 bits per heavy atom. The van der Waals surface area contributed by atoms with Crippen LogP contribution >= 0.6 is 0 Å². The minimum Gasteiger partial charge on any atom is -0.354 e. The fourth-order valence-electron chi connectivity index (χ4n) is 5.35. The molecule has 200 valence electrons. The van der Waals surface area contributed by atoms with Gasteiger partial charge in [-0.25, -0.2) is 0 Å². The van der Waals surface area contributed by atoms with Crippen molar-refractivity contribution in [1.82, 2.24) is 16.0 Å². The molecule has 2 aliphatic heterocycles. The summed E-state index contributed by atoms with van der Waals surface area (Å²) in [5.41, 5.74) is 3.60. The molecule has 1 saturated heterocycles. The maximum atomic E-state index is 14.2. The lowest BCUT2D eigenvalue weighted by Crippen LogP contribution is -2.55. The summed E-state index contributed by atoms with van der Waals surface area (Å²) in [6.07, 6.45) is 1.84. The van der Waals surface area contributed by atoms with Gasteiger partial charge in [-0.15, -0.1) is 0 Å². The Labute approximate surface area is 227 Å². The Hall–Kier alpha value is -4.46. The Balaban J connectivity index is 1.40. The van der Waals surface area contributed by atoms with E-state index in [9.17, 15) is 19.2 Å². The average molecular weight is 525 g/mol. The molecule has 0 radical (unpaired) electrons. The van der Waals surface area contributed by atoms with Crippen molar-refractivity contribution >= 4 is 29.3 Å². The van der Waals surface area contributed by atoms with Crippen molar-refractivity contribution < 1.29 is 19.2 Å². The van der Waals surface area contributed by atoms with Crippen LogP contribution in [0.5, 0.6) is 0 Å². The van der Waals surface area contributed by atoms with E-state index in [0.29, 0.717) is 31.5 Å². The van der Waals surface area contributed by atoms with Gasteiger partial charge in [0, 0.05) is 24.6 Å². The summed E-state index contributed by atoms with van der Waals surface area (Å²) in [7, 11) is 0. The van der Waals surface area contributed by atoms with E-state index in [4.69, 9.17) is 0 Å². The fraction of sp³-hybridized carbons (Fsp3) is 0.290. The van der Waals surface area contributed by atoms with Crippen molar-refractivity contribution in [2.24, 2.45) is 0 Å². The van der Waals surface area contributed by atoms with Gasteiger partial charge in [-0.3, -0.25) is 19.2 Å². The highest BCUT2D eigenvalue weighted by Crippen LogP contribution is 2.35. The average Bonchev–Trinajstić information content (AvgIpc) is 3.36. The van der Waals surface area contributed by atoms with Crippen LogP contribution in [0.15, 0.2) is 84.9 Å².